The molecule has 5 rings (SSSR count). The SMILES string of the molecule is Cc1nc(Oc2ccc(NC(=O)CN3C(=O)c4ccccc4C3=O)cc2)cc(-n2cccn2)n1. The summed E-state index contributed by atoms with van der Waals surface area (Å²) in [6, 6.07) is 16.6. The van der Waals surface area contributed by atoms with E-state index in [4.69, 9.17) is 4.74 Å². The third-order valence-corrected chi connectivity index (χ3v) is 5.08. The van der Waals surface area contributed by atoms with Gasteiger partial charge in [0.1, 0.15) is 18.1 Å². The van der Waals surface area contributed by atoms with E-state index in [1.165, 1.54) is 0 Å². The molecule has 1 aliphatic rings. The Morgan fingerprint density at radius 1 is 0.971 bits per heavy atom. The van der Waals surface area contributed by atoms with Crippen molar-refractivity contribution in [2.75, 3.05) is 11.9 Å². The molecule has 10 heteroatoms. The molecule has 1 aliphatic heterocycles. The molecule has 2 aromatic heterocycles. The van der Waals surface area contributed by atoms with Crippen molar-refractivity contribution < 1.29 is 19.1 Å². The van der Waals surface area contributed by atoms with E-state index >= 15 is 0 Å². The van der Waals surface area contributed by atoms with Gasteiger partial charge in [0.15, 0.2) is 5.82 Å². The van der Waals surface area contributed by atoms with E-state index in [0.717, 1.165) is 4.90 Å². The standard InChI is InChI=1S/C24H18N6O4/c1-15-26-20(30-12-4-11-25-30)13-22(27-15)34-17-9-7-16(8-10-17)28-21(31)14-29-23(32)18-5-2-3-6-19(18)24(29)33/h2-13H,14H2,1H3,(H,28,31). The van der Waals surface area contributed by atoms with Gasteiger partial charge in [-0.05, 0) is 49.4 Å². The Kier molecular flexibility index (Phi) is 5.30. The number of hydrogen-bond acceptors (Lipinski definition) is 7. The van der Waals surface area contributed by atoms with Crippen LogP contribution in [0.15, 0.2) is 73.1 Å². The van der Waals surface area contributed by atoms with Gasteiger partial charge in [0.25, 0.3) is 11.8 Å². The van der Waals surface area contributed by atoms with Gasteiger partial charge in [-0.25, -0.2) is 9.67 Å². The molecule has 0 spiro atoms. The van der Waals surface area contributed by atoms with E-state index in [0.29, 0.717) is 40.1 Å². The fourth-order valence-corrected chi connectivity index (χ4v) is 3.55. The van der Waals surface area contributed by atoms with Gasteiger partial charge in [0, 0.05) is 24.1 Å². The Labute approximate surface area is 193 Å². The maximum Gasteiger partial charge on any atom is 0.262 e. The number of imide groups is 1. The van der Waals surface area contributed by atoms with Crippen LogP contribution in [0, 0.1) is 6.92 Å². The van der Waals surface area contributed by atoms with Gasteiger partial charge in [0.2, 0.25) is 11.8 Å². The quantitative estimate of drug-likeness (QED) is 0.445. The molecule has 3 heterocycles. The summed E-state index contributed by atoms with van der Waals surface area (Å²) in [5.41, 5.74) is 1.10. The summed E-state index contributed by atoms with van der Waals surface area (Å²) in [6.07, 6.45) is 3.42. The molecule has 10 nitrogen and oxygen atoms in total. The van der Waals surface area contributed by atoms with E-state index in [-0.39, 0.29) is 6.54 Å². The van der Waals surface area contributed by atoms with Crippen LogP contribution in [0.5, 0.6) is 11.6 Å². The third kappa shape index (κ3) is 4.11. The van der Waals surface area contributed by atoms with E-state index in [9.17, 15) is 14.4 Å². The highest BCUT2D eigenvalue weighted by Gasteiger charge is 2.36. The van der Waals surface area contributed by atoms with Crippen molar-refractivity contribution >= 4 is 23.4 Å². The molecule has 0 saturated heterocycles. The lowest BCUT2D eigenvalue weighted by Gasteiger charge is -2.14. The molecule has 4 aromatic rings. The molecule has 0 fully saturated rings. The first kappa shape index (κ1) is 21.0. The Morgan fingerprint density at radius 2 is 1.68 bits per heavy atom. The van der Waals surface area contributed by atoms with Crippen LogP contribution in [-0.2, 0) is 4.79 Å². The van der Waals surface area contributed by atoms with Crippen LogP contribution >= 0.6 is 0 Å². The lowest BCUT2D eigenvalue weighted by atomic mass is 10.1. The Balaban J connectivity index is 1.23. The highest BCUT2D eigenvalue weighted by molar-refractivity contribution is 6.22. The molecule has 0 unspecified atom stereocenters. The number of aromatic nitrogens is 4. The molecular weight excluding hydrogens is 436 g/mol. The predicted octanol–water partition coefficient (Wildman–Crippen LogP) is 3.00. The number of carbonyl (C=O) groups is 3. The number of ether oxygens (including phenoxy) is 1. The van der Waals surface area contributed by atoms with Crippen LogP contribution in [0.4, 0.5) is 5.69 Å². The number of nitrogens with zero attached hydrogens (tertiary/aromatic N) is 5. The van der Waals surface area contributed by atoms with Crippen LogP contribution in [0.2, 0.25) is 0 Å². The minimum absolute atomic E-state index is 0.303. The second-order valence-electron chi connectivity index (χ2n) is 7.48. The molecule has 0 atom stereocenters. The first-order valence-corrected chi connectivity index (χ1v) is 10.4. The lowest BCUT2D eigenvalue weighted by Crippen LogP contribution is -2.37. The van der Waals surface area contributed by atoms with E-state index in [2.05, 4.69) is 20.4 Å². The number of nitrogens with one attached hydrogen (secondary N) is 1. The number of rotatable bonds is 6. The zero-order chi connectivity index (χ0) is 23.7. The number of benzene rings is 2. The van der Waals surface area contributed by atoms with Crippen LogP contribution in [-0.4, -0.2) is 48.9 Å². The minimum Gasteiger partial charge on any atom is -0.439 e. The van der Waals surface area contributed by atoms with E-state index in [1.54, 1.807) is 84.7 Å². The van der Waals surface area contributed by atoms with Gasteiger partial charge in [0.05, 0.1) is 11.1 Å². The largest absolute Gasteiger partial charge is 0.439 e. The normalized spacial score (nSPS) is 12.6. The summed E-state index contributed by atoms with van der Waals surface area (Å²) in [7, 11) is 0. The molecule has 2 aromatic carbocycles. The average Bonchev–Trinajstić information content (AvgIpc) is 3.45. The average molecular weight is 454 g/mol. The van der Waals surface area contributed by atoms with Gasteiger partial charge in [-0.3, -0.25) is 19.3 Å². The number of amides is 3. The first-order valence-electron chi connectivity index (χ1n) is 10.4. The number of anilines is 1. The minimum atomic E-state index is -0.488. The molecule has 1 N–H and O–H groups in total. The van der Waals surface area contributed by atoms with Gasteiger partial charge in [-0.2, -0.15) is 10.1 Å². The van der Waals surface area contributed by atoms with Crippen molar-refractivity contribution in [3.05, 3.63) is 90.0 Å². The second-order valence-corrected chi connectivity index (χ2v) is 7.48. The van der Waals surface area contributed by atoms with Crippen molar-refractivity contribution in [2.45, 2.75) is 6.92 Å². The van der Waals surface area contributed by atoms with E-state index < -0.39 is 17.7 Å². The highest BCUT2D eigenvalue weighted by atomic mass is 16.5. The summed E-state index contributed by atoms with van der Waals surface area (Å²) in [4.78, 5) is 46.9. The zero-order valence-electron chi connectivity index (χ0n) is 18.0. The smallest absolute Gasteiger partial charge is 0.262 e. The molecule has 34 heavy (non-hydrogen) atoms. The van der Waals surface area contributed by atoms with E-state index in [1.807, 2.05) is 0 Å². The molecule has 0 aliphatic carbocycles. The lowest BCUT2D eigenvalue weighted by molar-refractivity contribution is -0.116. The first-order chi connectivity index (χ1) is 16.5. The van der Waals surface area contributed by atoms with Gasteiger partial charge in [-0.1, -0.05) is 12.1 Å². The fraction of sp³-hybridized carbons (Fsp3) is 0.0833. The molecule has 3 amide bonds. The summed E-state index contributed by atoms with van der Waals surface area (Å²) in [6.45, 7) is 1.38. The molecule has 0 bridgehead atoms. The predicted molar refractivity (Wildman–Crippen MR) is 121 cm³/mol. The van der Waals surface area contributed by atoms with Crippen molar-refractivity contribution in [2.24, 2.45) is 0 Å². The van der Waals surface area contributed by atoms with Crippen molar-refractivity contribution in [1.82, 2.24) is 24.6 Å². The Bertz CT molecular complexity index is 1360. The number of hydrogen-bond donors (Lipinski definition) is 1. The summed E-state index contributed by atoms with van der Waals surface area (Å²) in [5, 5.41) is 6.84. The molecule has 0 radical (unpaired) electrons. The maximum absolute atomic E-state index is 12.5. The van der Waals surface area contributed by atoms with Gasteiger partial charge >= 0.3 is 0 Å². The van der Waals surface area contributed by atoms with Crippen LogP contribution in [0.25, 0.3) is 5.82 Å². The van der Waals surface area contributed by atoms with Crippen LogP contribution < -0.4 is 10.1 Å². The van der Waals surface area contributed by atoms with Crippen LogP contribution in [0.3, 0.4) is 0 Å². The summed E-state index contributed by atoms with van der Waals surface area (Å²) >= 11 is 0. The molecular formula is C24H18N6O4. The van der Waals surface area contributed by atoms with Crippen molar-refractivity contribution in [3.63, 3.8) is 0 Å². The topological polar surface area (TPSA) is 119 Å². The van der Waals surface area contributed by atoms with Gasteiger partial charge < -0.3 is 10.1 Å². The third-order valence-electron chi connectivity index (χ3n) is 5.08. The molecule has 0 saturated carbocycles. The monoisotopic (exact) mass is 454 g/mol. The van der Waals surface area contributed by atoms with Crippen LogP contribution in [0.1, 0.15) is 26.5 Å². The Hall–Kier alpha value is -4.86. The van der Waals surface area contributed by atoms with Crippen molar-refractivity contribution in [1.29, 1.82) is 0 Å². The maximum atomic E-state index is 12.5. The van der Waals surface area contributed by atoms with Crippen molar-refractivity contribution in [3.8, 4) is 17.4 Å². The summed E-state index contributed by atoms with van der Waals surface area (Å²) < 4.78 is 7.43. The second kappa shape index (κ2) is 8.58. The fourth-order valence-electron chi connectivity index (χ4n) is 3.55. The number of aryl methyl sites for hydroxylation is 1. The summed E-state index contributed by atoms with van der Waals surface area (Å²) in [5.74, 6) is 0.509. The zero-order valence-corrected chi connectivity index (χ0v) is 18.0. The Morgan fingerprint density at radius 3 is 2.32 bits per heavy atom. The highest BCUT2D eigenvalue weighted by Crippen LogP contribution is 2.24. The number of fused-ring (bicyclic) bond motifs is 1. The van der Waals surface area contributed by atoms with Gasteiger partial charge in [-0.15, -0.1) is 0 Å². The number of carbonyl (C=O) groups excluding carboxylic acids is 3. The molecule has 168 valence electrons.